The Morgan fingerprint density at radius 3 is 2.78 bits per heavy atom. The molecule has 0 aliphatic carbocycles. The van der Waals surface area contributed by atoms with Gasteiger partial charge in [0.05, 0.1) is 12.2 Å². The molecule has 0 aliphatic rings. The highest BCUT2D eigenvalue weighted by atomic mass is 32.1. The number of carbonyl (C=O) groups is 2. The fraction of sp³-hybridized carbons (Fsp3) is 0.400. The Kier molecular flexibility index (Phi) is 5.51. The van der Waals surface area contributed by atoms with Crippen LogP contribution in [0.3, 0.4) is 0 Å². The zero-order chi connectivity index (χ0) is 17.0. The van der Waals surface area contributed by atoms with E-state index in [9.17, 15) is 9.59 Å². The maximum absolute atomic E-state index is 12.3. The molecule has 2 aromatic rings. The summed E-state index contributed by atoms with van der Waals surface area (Å²) in [6, 6.07) is 1.59. The summed E-state index contributed by atoms with van der Waals surface area (Å²) in [6.45, 7) is 6.01. The quantitative estimate of drug-likeness (QED) is 0.819. The number of nitrogens with one attached hydrogen (secondary N) is 1. The number of anilines is 1. The van der Waals surface area contributed by atoms with Crippen molar-refractivity contribution in [2.24, 2.45) is 0 Å². The van der Waals surface area contributed by atoms with Crippen LogP contribution >= 0.6 is 11.3 Å². The van der Waals surface area contributed by atoms with Crippen molar-refractivity contribution in [3.8, 4) is 0 Å². The van der Waals surface area contributed by atoms with E-state index in [1.54, 1.807) is 26.3 Å². The third-order valence-corrected chi connectivity index (χ3v) is 4.35. The van der Waals surface area contributed by atoms with Gasteiger partial charge in [-0.2, -0.15) is 5.10 Å². The maximum atomic E-state index is 12.3. The topological polar surface area (TPSA) is 82.5 Å². The first-order chi connectivity index (χ1) is 11.0. The van der Waals surface area contributed by atoms with Gasteiger partial charge < -0.3 is 14.8 Å². The Bertz CT molecular complexity index is 720. The monoisotopic (exact) mass is 337 g/mol. The summed E-state index contributed by atoms with van der Waals surface area (Å²) in [4.78, 5) is 25.4. The molecule has 0 saturated heterocycles. The molecule has 0 radical (unpaired) electrons. The van der Waals surface area contributed by atoms with Crippen LogP contribution in [0.25, 0.3) is 0 Å². The lowest BCUT2D eigenvalue weighted by atomic mass is 10.1. The molecular weight excluding hydrogens is 318 g/mol. The third-order valence-electron chi connectivity index (χ3n) is 3.23. The largest absolute Gasteiger partial charge is 0.462 e. The second-order valence-corrected chi connectivity index (χ2v) is 6.04. The Hall–Kier alpha value is -2.19. The fourth-order valence-corrected chi connectivity index (χ4v) is 3.06. The average Bonchev–Trinajstić information content (AvgIpc) is 3.06. The smallest absolute Gasteiger partial charge is 0.341 e. The van der Waals surface area contributed by atoms with Crippen LogP contribution in [0.15, 0.2) is 12.3 Å². The number of thiophene rings is 1. The fourth-order valence-electron chi connectivity index (χ4n) is 2.02. The van der Waals surface area contributed by atoms with E-state index in [1.807, 2.05) is 13.8 Å². The highest BCUT2D eigenvalue weighted by Gasteiger charge is 2.23. The van der Waals surface area contributed by atoms with E-state index in [2.05, 4.69) is 10.4 Å². The molecule has 1 amide bonds. The Balaban J connectivity index is 2.23. The summed E-state index contributed by atoms with van der Waals surface area (Å²) in [5.41, 5.74) is 1.47. The summed E-state index contributed by atoms with van der Waals surface area (Å²) >= 11 is 1.34. The molecule has 0 spiro atoms. The molecule has 7 nitrogen and oxygen atoms in total. The van der Waals surface area contributed by atoms with Crippen molar-refractivity contribution in [2.75, 3.05) is 19.0 Å². The normalized spacial score (nSPS) is 10.6. The van der Waals surface area contributed by atoms with Gasteiger partial charge in [0.15, 0.2) is 5.69 Å². The SMILES string of the molecule is CCOC(=O)c1c(NC(=O)c2ccn(COC)n2)sc(C)c1C. The lowest BCUT2D eigenvalue weighted by Gasteiger charge is -2.06. The van der Waals surface area contributed by atoms with E-state index in [1.165, 1.54) is 16.0 Å². The summed E-state index contributed by atoms with van der Waals surface area (Å²) in [7, 11) is 1.55. The van der Waals surface area contributed by atoms with E-state index < -0.39 is 5.97 Å². The number of amides is 1. The second-order valence-electron chi connectivity index (χ2n) is 4.82. The summed E-state index contributed by atoms with van der Waals surface area (Å²) in [5.74, 6) is -0.818. The molecule has 0 fully saturated rings. The molecule has 0 unspecified atom stereocenters. The van der Waals surface area contributed by atoms with E-state index in [-0.39, 0.29) is 24.9 Å². The highest BCUT2D eigenvalue weighted by Crippen LogP contribution is 2.33. The van der Waals surface area contributed by atoms with Crippen LogP contribution in [0.5, 0.6) is 0 Å². The second kappa shape index (κ2) is 7.38. The molecule has 2 aromatic heterocycles. The molecule has 0 aliphatic heterocycles. The summed E-state index contributed by atoms with van der Waals surface area (Å²) < 4.78 is 11.5. The number of carbonyl (C=O) groups excluding carboxylic acids is 2. The number of hydrogen-bond donors (Lipinski definition) is 1. The average molecular weight is 337 g/mol. The van der Waals surface area contributed by atoms with Gasteiger partial charge in [-0.3, -0.25) is 4.79 Å². The maximum Gasteiger partial charge on any atom is 0.341 e. The number of aromatic nitrogens is 2. The molecule has 0 aromatic carbocycles. The van der Waals surface area contributed by atoms with Crippen molar-refractivity contribution in [3.05, 3.63) is 34.0 Å². The molecule has 0 atom stereocenters. The molecule has 0 saturated carbocycles. The van der Waals surface area contributed by atoms with Gasteiger partial charge in [0.2, 0.25) is 0 Å². The lowest BCUT2D eigenvalue weighted by molar-refractivity contribution is 0.0527. The molecule has 23 heavy (non-hydrogen) atoms. The minimum absolute atomic E-state index is 0.251. The molecular formula is C15H19N3O4S. The van der Waals surface area contributed by atoms with Gasteiger partial charge in [0, 0.05) is 18.2 Å². The number of hydrogen-bond acceptors (Lipinski definition) is 6. The number of methoxy groups -OCH3 is 1. The van der Waals surface area contributed by atoms with Crippen molar-refractivity contribution in [3.63, 3.8) is 0 Å². The van der Waals surface area contributed by atoms with Crippen LogP contribution < -0.4 is 5.32 Å². The van der Waals surface area contributed by atoms with Gasteiger partial charge in [0.1, 0.15) is 11.7 Å². The standard InChI is InChI=1S/C15H19N3O4S/c1-5-22-15(20)12-9(2)10(3)23-14(12)16-13(19)11-6-7-18(17-11)8-21-4/h6-7H,5,8H2,1-4H3,(H,16,19). The van der Waals surface area contributed by atoms with Crippen molar-refractivity contribution in [1.82, 2.24) is 9.78 Å². The number of esters is 1. The van der Waals surface area contributed by atoms with Crippen molar-refractivity contribution < 1.29 is 19.1 Å². The molecule has 2 heterocycles. The number of nitrogens with zero attached hydrogens (tertiary/aromatic N) is 2. The highest BCUT2D eigenvalue weighted by molar-refractivity contribution is 7.16. The van der Waals surface area contributed by atoms with Gasteiger partial charge in [-0.25, -0.2) is 9.48 Å². The van der Waals surface area contributed by atoms with Gasteiger partial charge in [-0.05, 0) is 32.4 Å². The zero-order valence-corrected chi connectivity index (χ0v) is 14.3. The van der Waals surface area contributed by atoms with Crippen molar-refractivity contribution in [2.45, 2.75) is 27.5 Å². The first-order valence-electron chi connectivity index (χ1n) is 7.08. The van der Waals surface area contributed by atoms with Gasteiger partial charge in [0.25, 0.3) is 5.91 Å². The first kappa shape index (κ1) is 17.2. The zero-order valence-electron chi connectivity index (χ0n) is 13.5. The van der Waals surface area contributed by atoms with E-state index >= 15 is 0 Å². The Morgan fingerprint density at radius 2 is 2.13 bits per heavy atom. The Labute approximate surface area is 138 Å². The molecule has 0 bridgehead atoms. The van der Waals surface area contributed by atoms with E-state index in [0.717, 1.165) is 10.4 Å². The minimum Gasteiger partial charge on any atom is -0.462 e. The third kappa shape index (κ3) is 3.77. The van der Waals surface area contributed by atoms with Crippen LogP contribution in [0.4, 0.5) is 5.00 Å². The van der Waals surface area contributed by atoms with Gasteiger partial charge in [-0.1, -0.05) is 0 Å². The molecule has 2 rings (SSSR count). The van der Waals surface area contributed by atoms with Crippen LogP contribution in [0.1, 0.15) is 38.2 Å². The number of aryl methyl sites for hydroxylation is 1. The number of ether oxygens (including phenoxy) is 2. The molecule has 1 N–H and O–H groups in total. The van der Waals surface area contributed by atoms with Crippen molar-refractivity contribution >= 4 is 28.2 Å². The molecule has 124 valence electrons. The Morgan fingerprint density at radius 1 is 1.39 bits per heavy atom. The van der Waals surface area contributed by atoms with Crippen molar-refractivity contribution in [1.29, 1.82) is 0 Å². The minimum atomic E-state index is -0.436. The van der Waals surface area contributed by atoms with Crippen LogP contribution in [-0.2, 0) is 16.2 Å². The van der Waals surface area contributed by atoms with Crippen LogP contribution in [-0.4, -0.2) is 35.4 Å². The summed E-state index contributed by atoms with van der Waals surface area (Å²) in [5, 5.41) is 7.33. The van der Waals surface area contributed by atoms with E-state index in [4.69, 9.17) is 9.47 Å². The first-order valence-corrected chi connectivity index (χ1v) is 7.90. The van der Waals surface area contributed by atoms with Gasteiger partial charge >= 0.3 is 5.97 Å². The van der Waals surface area contributed by atoms with E-state index in [0.29, 0.717) is 10.6 Å². The predicted octanol–water partition coefficient (Wildman–Crippen LogP) is 2.59. The van der Waals surface area contributed by atoms with Crippen LogP contribution in [0.2, 0.25) is 0 Å². The summed E-state index contributed by atoms with van der Waals surface area (Å²) in [6.07, 6.45) is 1.65. The van der Waals surface area contributed by atoms with Gasteiger partial charge in [-0.15, -0.1) is 11.3 Å². The lowest BCUT2D eigenvalue weighted by Crippen LogP contribution is -2.16. The molecule has 8 heteroatoms. The van der Waals surface area contributed by atoms with Crippen LogP contribution in [0, 0.1) is 13.8 Å². The predicted molar refractivity (Wildman–Crippen MR) is 86.9 cm³/mol. The number of rotatable bonds is 6.